The molecule has 2 nitrogen and oxygen atoms in total. The summed E-state index contributed by atoms with van der Waals surface area (Å²) in [6.07, 6.45) is 1.85. The number of hydrogen-bond donors (Lipinski definition) is 1. The SMILES string of the molecule is [CH2]CCOC(=O)C=CS. The van der Waals surface area contributed by atoms with Crippen LogP contribution in [0.5, 0.6) is 0 Å². The van der Waals surface area contributed by atoms with Gasteiger partial charge in [-0.05, 0) is 18.8 Å². The van der Waals surface area contributed by atoms with E-state index in [2.05, 4.69) is 24.3 Å². The van der Waals surface area contributed by atoms with E-state index in [4.69, 9.17) is 0 Å². The van der Waals surface area contributed by atoms with Gasteiger partial charge in [-0.25, -0.2) is 4.79 Å². The Kier molecular flexibility index (Phi) is 5.41. The lowest BCUT2D eigenvalue weighted by molar-refractivity contribution is -0.137. The third-order valence-electron chi connectivity index (χ3n) is 0.599. The molecule has 0 amide bonds. The van der Waals surface area contributed by atoms with Crippen molar-refractivity contribution in [2.45, 2.75) is 6.42 Å². The molecule has 0 unspecified atom stereocenters. The second-order valence-electron chi connectivity index (χ2n) is 1.34. The molecule has 0 aromatic carbocycles. The van der Waals surface area contributed by atoms with Crippen LogP contribution in [0.15, 0.2) is 11.5 Å². The third-order valence-corrected chi connectivity index (χ3v) is 0.748. The Morgan fingerprint density at radius 2 is 2.44 bits per heavy atom. The Bertz CT molecular complexity index is 110. The van der Waals surface area contributed by atoms with Crippen molar-refractivity contribution >= 4 is 18.6 Å². The van der Waals surface area contributed by atoms with E-state index < -0.39 is 0 Å². The van der Waals surface area contributed by atoms with Crippen molar-refractivity contribution in [3.63, 3.8) is 0 Å². The zero-order chi connectivity index (χ0) is 7.11. The molecule has 0 aromatic rings. The predicted molar refractivity (Wildman–Crippen MR) is 39.1 cm³/mol. The minimum absolute atomic E-state index is 0.367. The number of ether oxygens (including phenoxy) is 1. The van der Waals surface area contributed by atoms with Gasteiger partial charge in [-0.2, -0.15) is 12.6 Å². The van der Waals surface area contributed by atoms with Gasteiger partial charge in [0.15, 0.2) is 0 Å². The highest BCUT2D eigenvalue weighted by Gasteiger charge is 1.91. The van der Waals surface area contributed by atoms with Crippen molar-refractivity contribution in [1.29, 1.82) is 0 Å². The van der Waals surface area contributed by atoms with Gasteiger partial charge in [-0.3, -0.25) is 0 Å². The summed E-state index contributed by atoms with van der Waals surface area (Å²) >= 11 is 3.69. The maximum absolute atomic E-state index is 10.4. The van der Waals surface area contributed by atoms with Crippen molar-refractivity contribution in [1.82, 2.24) is 0 Å². The van der Waals surface area contributed by atoms with Crippen molar-refractivity contribution < 1.29 is 9.53 Å². The highest BCUT2D eigenvalue weighted by Crippen LogP contribution is 1.85. The van der Waals surface area contributed by atoms with Crippen LogP contribution in [0.1, 0.15) is 6.42 Å². The second-order valence-corrected chi connectivity index (χ2v) is 1.63. The van der Waals surface area contributed by atoms with E-state index in [1.54, 1.807) is 0 Å². The van der Waals surface area contributed by atoms with Gasteiger partial charge in [0.25, 0.3) is 0 Å². The fourth-order valence-corrected chi connectivity index (χ4v) is 0.403. The van der Waals surface area contributed by atoms with Crippen LogP contribution in [0.2, 0.25) is 0 Å². The van der Waals surface area contributed by atoms with Crippen LogP contribution in [0.3, 0.4) is 0 Å². The summed E-state index contributed by atoms with van der Waals surface area (Å²) in [6.45, 7) is 3.87. The molecule has 0 N–H and O–H groups in total. The number of thiol groups is 1. The fourth-order valence-electron chi connectivity index (χ4n) is 0.282. The van der Waals surface area contributed by atoms with Crippen molar-refractivity contribution in [3.8, 4) is 0 Å². The molecule has 9 heavy (non-hydrogen) atoms. The monoisotopic (exact) mass is 145 g/mol. The van der Waals surface area contributed by atoms with E-state index in [9.17, 15) is 4.79 Å². The molecule has 0 rings (SSSR count). The Hall–Kier alpha value is -0.440. The van der Waals surface area contributed by atoms with E-state index in [0.717, 1.165) is 0 Å². The first kappa shape index (κ1) is 8.56. The molecule has 0 aliphatic rings. The first-order valence-corrected chi connectivity index (χ1v) is 3.09. The summed E-state index contributed by atoms with van der Waals surface area (Å²) in [7, 11) is 0. The predicted octanol–water partition coefficient (Wildman–Crippen LogP) is 1.20. The molecule has 1 radical (unpaired) electrons. The number of carbonyl (C=O) groups is 1. The largest absolute Gasteiger partial charge is 0.463 e. The van der Waals surface area contributed by atoms with Crippen LogP contribution < -0.4 is 0 Å². The van der Waals surface area contributed by atoms with Gasteiger partial charge in [0, 0.05) is 6.08 Å². The molecule has 0 saturated heterocycles. The van der Waals surface area contributed by atoms with Gasteiger partial charge in [-0.15, -0.1) is 0 Å². The fraction of sp³-hybridized carbons (Fsp3) is 0.333. The molecule has 0 atom stereocenters. The van der Waals surface area contributed by atoms with Crippen molar-refractivity contribution in [3.05, 3.63) is 18.4 Å². The standard InChI is InChI=1S/C6H9O2S/c1-2-4-8-6(7)3-5-9/h3,5,9H,1-2,4H2. The van der Waals surface area contributed by atoms with E-state index in [0.29, 0.717) is 13.0 Å². The maximum Gasteiger partial charge on any atom is 0.331 e. The van der Waals surface area contributed by atoms with E-state index in [1.807, 2.05) is 0 Å². The Morgan fingerprint density at radius 3 is 2.89 bits per heavy atom. The minimum atomic E-state index is -0.367. The van der Waals surface area contributed by atoms with Gasteiger partial charge < -0.3 is 4.74 Å². The summed E-state index contributed by atoms with van der Waals surface area (Å²) in [5.41, 5.74) is 0. The van der Waals surface area contributed by atoms with E-state index in [1.165, 1.54) is 11.5 Å². The van der Waals surface area contributed by atoms with E-state index in [-0.39, 0.29) is 5.97 Å². The Morgan fingerprint density at radius 1 is 1.78 bits per heavy atom. The average Bonchev–Trinajstić information content (AvgIpc) is 1.85. The quantitative estimate of drug-likeness (QED) is 0.367. The summed E-state index contributed by atoms with van der Waals surface area (Å²) in [4.78, 5) is 10.4. The molecule has 0 saturated carbocycles. The number of hydrogen-bond acceptors (Lipinski definition) is 3. The lowest BCUT2D eigenvalue weighted by atomic mass is 10.5. The Labute approximate surface area is 60.3 Å². The molecular weight excluding hydrogens is 136 g/mol. The summed E-state index contributed by atoms with van der Waals surface area (Å²) in [5, 5.41) is 1.34. The van der Waals surface area contributed by atoms with Gasteiger partial charge in [0.05, 0.1) is 6.61 Å². The highest BCUT2D eigenvalue weighted by molar-refractivity contribution is 7.83. The molecule has 0 aromatic heterocycles. The number of esters is 1. The molecule has 0 aliphatic heterocycles. The first-order valence-electron chi connectivity index (χ1n) is 2.58. The van der Waals surface area contributed by atoms with Crippen LogP contribution in [0.25, 0.3) is 0 Å². The normalized spacial score (nSPS) is 10.0. The van der Waals surface area contributed by atoms with Crippen molar-refractivity contribution in [2.24, 2.45) is 0 Å². The third kappa shape index (κ3) is 5.43. The van der Waals surface area contributed by atoms with Crippen LogP contribution in [0, 0.1) is 6.92 Å². The zero-order valence-electron chi connectivity index (χ0n) is 5.04. The topological polar surface area (TPSA) is 26.3 Å². The molecule has 0 fully saturated rings. The zero-order valence-corrected chi connectivity index (χ0v) is 5.93. The molecule has 0 spiro atoms. The highest BCUT2D eigenvalue weighted by atomic mass is 32.1. The number of carbonyl (C=O) groups excluding carboxylic acids is 1. The summed E-state index contributed by atoms with van der Waals surface area (Å²) in [6, 6.07) is 0. The van der Waals surface area contributed by atoms with Crippen molar-refractivity contribution in [2.75, 3.05) is 6.61 Å². The van der Waals surface area contributed by atoms with Crippen LogP contribution in [-0.4, -0.2) is 12.6 Å². The summed E-state index contributed by atoms with van der Waals surface area (Å²) < 4.78 is 4.59. The van der Waals surface area contributed by atoms with Crippen LogP contribution in [-0.2, 0) is 9.53 Å². The maximum atomic E-state index is 10.4. The molecule has 51 valence electrons. The lowest BCUT2D eigenvalue weighted by Crippen LogP contribution is -2.00. The first-order chi connectivity index (χ1) is 4.31. The molecular formula is C6H9O2S. The number of rotatable bonds is 3. The van der Waals surface area contributed by atoms with Gasteiger partial charge >= 0.3 is 5.97 Å². The molecule has 0 bridgehead atoms. The van der Waals surface area contributed by atoms with Crippen LogP contribution in [0.4, 0.5) is 0 Å². The average molecular weight is 145 g/mol. The van der Waals surface area contributed by atoms with Gasteiger partial charge in [-0.1, -0.05) is 0 Å². The Balaban J connectivity index is 3.27. The lowest BCUT2D eigenvalue weighted by Gasteiger charge is -1.95. The smallest absolute Gasteiger partial charge is 0.331 e. The van der Waals surface area contributed by atoms with E-state index >= 15 is 0 Å². The minimum Gasteiger partial charge on any atom is -0.463 e. The van der Waals surface area contributed by atoms with Crippen LogP contribution >= 0.6 is 12.6 Å². The second kappa shape index (κ2) is 5.69. The van der Waals surface area contributed by atoms with Gasteiger partial charge in [0.2, 0.25) is 0 Å². The summed E-state index contributed by atoms with van der Waals surface area (Å²) in [5.74, 6) is -0.367. The molecule has 3 heteroatoms. The molecule has 0 heterocycles. The molecule has 0 aliphatic carbocycles. The van der Waals surface area contributed by atoms with Gasteiger partial charge in [0.1, 0.15) is 0 Å².